The third-order valence-electron chi connectivity index (χ3n) is 1.79. The van der Waals surface area contributed by atoms with Crippen LogP contribution in [0, 0.1) is 0 Å². The summed E-state index contributed by atoms with van der Waals surface area (Å²) in [7, 11) is 0. The summed E-state index contributed by atoms with van der Waals surface area (Å²) in [5.41, 5.74) is 7.66. The maximum Gasteiger partial charge on any atom is 0.203 e. The molecular formula is C6H14N4O. The quantitative estimate of drug-likeness (QED) is 0.196. The molecule has 0 saturated carbocycles. The van der Waals surface area contributed by atoms with E-state index < -0.39 is 0 Å². The van der Waals surface area contributed by atoms with Crippen LogP contribution in [0.1, 0.15) is 13.3 Å². The van der Waals surface area contributed by atoms with E-state index in [4.69, 9.17) is 16.3 Å². The molecule has 11 heavy (non-hydrogen) atoms. The Morgan fingerprint density at radius 3 is 2.91 bits per heavy atom. The van der Waals surface area contributed by atoms with Crippen molar-refractivity contribution in [3.05, 3.63) is 0 Å². The third-order valence-corrected chi connectivity index (χ3v) is 1.79. The molecule has 0 radical (unpaired) electrons. The highest BCUT2D eigenvalue weighted by atomic mass is 16.5. The molecule has 2 unspecified atom stereocenters. The van der Waals surface area contributed by atoms with Crippen LogP contribution < -0.4 is 17.0 Å². The van der Waals surface area contributed by atoms with Crippen molar-refractivity contribution in [2.45, 2.75) is 25.5 Å². The van der Waals surface area contributed by atoms with Crippen molar-refractivity contribution in [2.75, 3.05) is 6.61 Å². The van der Waals surface area contributed by atoms with E-state index in [1.54, 1.807) is 0 Å². The molecule has 5 N–H and O–H groups in total. The van der Waals surface area contributed by atoms with Gasteiger partial charge in [-0.2, -0.15) is 0 Å². The lowest BCUT2D eigenvalue weighted by molar-refractivity contribution is 0.119. The van der Waals surface area contributed by atoms with Gasteiger partial charge >= 0.3 is 0 Å². The fourth-order valence-corrected chi connectivity index (χ4v) is 1.11. The van der Waals surface area contributed by atoms with E-state index in [0.29, 0.717) is 0 Å². The van der Waals surface area contributed by atoms with Crippen LogP contribution in [0.25, 0.3) is 0 Å². The second kappa shape index (κ2) is 3.54. The monoisotopic (exact) mass is 158 g/mol. The van der Waals surface area contributed by atoms with E-state index >= 15 is 0 Å². The van der Waals surface area contributed by atoms with Crippen LogP contribution >= 0.6 is 0 Å². The lowest BCUT2D eigenvalue weighted by Gasteiger charge is -2.09. The molecule has 0 amide bonds. The van der Waals surface area contributed by atoms with Crippen LogP contribution in [0.5, 0.6) is 0 Å². The van der Waals surface area contributed by atoms with Gasteiger partial charge in [0.15, 0.2) is 0 Å². The van der Waals surface area contributed by atoms with Gasteiger partial charge in [0.25, 0.3) is 0 Å². The Bertz CT molecular complexity index is 159. The zero-order chi connectivity index (χ0) is 8.27. The Balaban J connectivity index is 2.47. The first-order valence-electron chi connectivity index (χ1n) is 3.65. The van der Waals surface area contributed by atoms with Crippen molar-refractivity contribution >= 4 is 5.96 Å². The minimum absolute atomic E-state index is 0.155. The summed E-state index contributed by atoms with van der Waals surface area (Å²) in [6, 6.07) is 0.158. The van der Waals surface area contributed by atoms with Gasteiger partial charge in [0.1, 0.15) is 0 Å². The van der Waals surface area contributed by atoms with Crippen molar-refractivity contribution in [1.29, 1.82) is 0 Å². The number of aliphatic imine (C=N–C) groups is 1. The molecule has 64 valence electrons. The van der Waals surface area contributed by atoms with Crippen LogP contribution in [-0.2, 0) is 4.74 Å². The van der Waals surface area contributed by atoms with Crippen LogP contribution in [0.2, 0.25) is 0 Å². The predicted octanol–water partition coefficient (Wildman–Crippen LogP) is -1.06. The Hall–Kier alpha value is -0.810. The van der Waals surface area contributed by atoms with Crippen molar-refractivity contribution in [2.24, 2.45) is 16.6 Å². The third kappa shape index (κ3) is 2.06. The molecule has 2 atom stereocenters. The van der Waals surface area contributed by atoms with Gasteiger partial charge in [-0.1, -0.05) is 0 Å². The van der Waals surface area contributed by atoms with Crippen molar-refractivity contribution in [3.8, 4) is 0 Å². The number of rotatable bonds is 1. The normalized spacial score (nSPS) is 32.4. The number of nitrogens with zero attached hydrogens (tertiary/aromatic N) is 1. The van der Waals surface area contributed by atoms with E-state index in [1.165, 1.54) is 0 Å². The Morgan fingerprint density at radius 1 is 1.73 bits per heavy atom. The lowest BCUT2D eigenvalue weighted by atomic mass is 10.2. The lowest BCUT2D eigenvalue weighted by Crippen LogP contribution is -2.38. The van der Waals surface area contributed by atoms with Gasteiger partial charge in [0.2, 0.25) is 5.96 Å². The van der Waals surface area contributed by atoms with Gasteiger partial charge in [-0.25, -0.2) is 10.8 Å². The minimum atomic E-state index is 0.155. The Morgan fingerprint density at radius 2 is 2.45 bits per heavy atom. The molecule has 1 rings (SSSR count). The van der Waals surface area contributed by atoms with Crippen LogP contribution in [0.15, 0.2) is 4.99 Å². The molecule has 0 spiro atoms. The number of hydrogen-bond acceptors (Lipinski definition) is 3. The molecule has 0 aromatic heterocycles. The fraction of sp³-hybridized carbons (Fsp3) is 0.833. The minimum Gasteiger partial charge on any atom is -0.376 e. The number of ether oxygens (including phenoxy) is 1. The standard InChI is InChI=1S/C6H14N4O/c1-4-5(2-3-11-4)9-6(7)10-8/h4-5H,2-3,8H2,1H3,(H3,7,9,10). The van der Waals surface area contributed by atoms with E-state index in [-0.39, 0.29) is 18.1 Å². The molecule has 5 heteroatoms. The molecule has 0 bridgehead atoms. The molecule has 1 saturated heterocycles. The highest BCUT2D eigenvalue weighted by molar-refractivity contribution is 5.77. The van der Waals surface area contributed by atoms with E-state index in [0.717, 1.165) is 13.0 Å². The maximum absolute atomic E-state index is 5.37. The summed E-state index contributed by atoms with van der Waals surface area (Å²) in [6.45, 7) is 2.73. The summed E-state index contributed by atoms with van der Waals surface area (Å²) in [5, 5.41) is 0. The second-order valence-electron chi connectivity index (χ2n) is 2.59. The topological polar surface area (TPSA) is 85.7 Å². The van der Waals surface area contributed by atoms with Crippen molar-refractivity contribution in [3.63, 3.8) is 0 Å². The Kier molecular flexibility index (Phi) is 2.67. The molecule has 5 nitrogen and oxygen atoms in total. The van der Waals surface area contributed by atoms with Gasteiger partial charge in [-0.3, -0.25) is 5.43 Å². The SMILES string of the molecule is CC1OCCC1N=C(N)NN. The maximum atomic E-state index is 5.37. The molecule has 1 heterocycles. The van der Waals surface area contributed by atoms with Gasteiger partial charge in [0.05, 0.1) is 12.1 Å². The number of hydrogen-bond donors (Lipinski definition) is 3. The summed E-state index contributed by atoms with van der Waals surface area (Å²) >= 11 is 0. The average Bonchev–Trinajstić information content (AvgIpc) is 2.37. The molecule has 1 aliphatic rings. The van der Waals surface area contributed by atoms with Gasteiger partial charge in [0, 0.05) is 6.61 Å². The summed E-state index contributed by atoms with van der Waals surface area (Å²) in [6.07, 6.45) is 1.07. The molecular weight excluding hydrogens is 144 g/mol. The van der Waals surface area contributed by atoms with Crippen LogP contribution in [0.4, 0.5) is 0 Å². The van der Waals surface area contributed by atoms with Crippen molar-refractivity contribution in [1.82, 2.24) is 5.43 Å². The van der Waals surface area contributed by atoms with E-state index in [9.17, 15) is 0 Å². The fourth-order valence-electron chi connectivity index (χ4n) is 1.11. The Labute approximate surface area is 65.8 Å². The predicted molar refractivity (Wildman–Crippen MR) is 42.8 cm³/mol. The second-order valence-corrected chi connectivity index (χ2v) is 2.59. The first-order chi connectivity index (χ1) is 5.24. The summed E-state index contributed by atoms with van der Waals surface area (Å²) in [5.74, 6) is 5.32. The van der Waals surface area contributed by atoms with Gasteiger partial charge < -0.3 is 10.5 Å². The van der Waals surface area contributed by atoms with E-state index in [2.05, 4.69) is 10.4 Å². The number of nitrogens with one attached hydrogen (secondary N) is 1. The average molecular weight is 158 g/mol. The number of nitrogens with two attached hydrogens (primary N) is 2. The molecule has 0 aromatic rings. The van der Waals surface area contributed by atoms with Gasteiger partial charge in [-0.05, 0) is 13.3 Å². The molecule has 1 aliphatic heterocycles. The smallest absolute Gasteiger partial charge is 0.203 e. The molecule has 0 aromatic carbocycles. The zero-order valence-corrected chi connectivity index (χ0v) is 6.58. The van der Waals surface area contributed by atoms with Crippen LogP contribution in [0.3, 0.4) is 0 Å². The van der Waals surface area contributed by atoms with Crippen molar-refractivity contribution < 1.29 is 4.74 Å². The first kappa shape index (κ1) is 8.29. The largest absolute Gasteiger partial charge is 0.376 e. The number of guanidine groups is 1. The van der Waals surface area contributed by atoms with Gasteiger partial charge in [-0.15, -0.1) is 0 Å². The summed E-state index contributed by atoms with van der Waals surface area (Å²) < 4.78 is 5.28. The number of hydrazine groups is 1. The molecule has 1 fully saturated rings. The van der Waals surface area contributed by atoms with Crippen LogP contribution in [-0.4, -0.2) is 24.7 Å². The first-order valence-corrected chi connectivity index (χ1v) is 3.65. The zero-order valence-electron chi connectivity index (χ0n) is 6.58. The van der Waals surface area contributed by atoms with E-state index in [1.807, 2.05) is 6.92 Å². The summed E-state index contributed by atoms with van der Waals surface area (Å²) in [4.78, 5) is 4.11. The highest BCUT2D eigenvalue weighted by Gasteiger charge is 2.23. The highest BCUT2D eigenvalue weighted by Crippen LogP contribution is 2.15. The molecule has 0 aliphatic carbocycles.